The van der Waals surface area contributed by atoms with Crippen molar-refractivity contribution in [2.45, 2.75) is 39.9 Å². The van der Waals surface area contributed by atoms with Crippen LogP contribution in [0.5, 0.6) is 17.2 Å². The molecule has 0 aliphatic carbocycles. The average Bonchev–Trinajstić information content (AvgIpc) is 3.22. The number of rotatable bonds is 6. The minimum Gasteiger partial charge on any atom is -0.508 e. The quantitative estimate of drug-likeness (QED) is 0.577. The highest BCUT2D eigenvalue weighted by molar-refractivity contribution is 5.71. The van der Waals surface area contributed by atoms with Gasteiger partial charge in [-0.25, -0.2) is 0 Å². The fourth-order valence-corrected chi connectivity index (χ4v) is 3.86. The summed E-state index contributed by atoms with van der Waals surface area (Å²) in [5, 5.41) is 13.5. The topological polar surface area (TPSA) is 74.0 Å². The van der Waals surface area contributed by atoms with Crippen LogP contribution in [0.15, 0.2) is 40.9 Å². The number of benzene rings is 2. The fourth-order valence-electron chi connectivity index (χ4n) is 3.86. The Bertz CT molecular complexity index is 1130. The molecule has 3 aromatic rings. The zero-order valence-corrected chi connectivity index (χ0v) is 18.5. The number of nitrogens with zero attached hydrogens (tertiary/aromatic N) is 1. The van der Waals surface area contributed by atoms with Gasteiger partial charge in [-0.1, -0.05) is 11.2 Å². The molecule has 0 spiro atoms. The molecule has 0 fully saturated rings. The van der Waals surface area contributed by atoms with Gasteiger partial charge in [-0.3, -0.25) is 0 Å². The Morgan fingerprint density at radius 3 is 2.52 bits per heavy atom. The molecule has 31 heavy (non-hydrogen) atoms. The first-order chi connectivity index (χ1) is 14.8. The van der Waals surface area contributed by atoms with Crippen LogP contribution < -0.4 is 9.47 Å². The van der Waals surface area contributed by atoms with E-state index in [-0.39, 0.29) is 12.4 Å². The van der Waals surface area contributed by atoms with E-state index < -0.39 is 5.60 Å². The van der Waals surface area contributed by atoms with Crippen molar-refractivity contribution in [2.75, 3.05) is 13.7 Å². The molecule has 6 heteroatoms. The Kier molecular flexibility index (Phi) is 5.50. The highest BCUT2D eigenvalue weighted by atomic mass is 16.6. The Labute approximate surface area is 182 Å². The summed E-state index contributed by atoms with van der Waals surface area (Å²) in [5.41, 5.74) is 5.25. The summed E-state index contributed by atoms with van der Waals surface area (Å²) in [6, 6.07) is 8.65. The van der Waals surface area contributed by atoms with Gasteiger partial charge < -0.3 is 23.8 Å². The minimum atomic E-state index is -0.592. The van der Waals surface area contributed by atoms with Crippen molar-refractivity contribution in [1.82, 2.24) is 5.16 Å². The molecule has 1 atom stereocenters. The third-order valence-corrected chi connectivity index (χ3v) is 5.73. The van der Waals surface area contributed by atoms with E-state index in [0.717, 1.165) is 39.3 Å². The molecule has 2 aromatic carbocycles. The van der Waals surface area contributed by atoms with Crippen molar-refractivity contribution in [1.29, 1.82) is 0 Å². The third kappa shape index (κ3) is 4.03. The molecular formula is C25H27NO5. The summed E-state index contributed by atoms with van der Waals surface area (Å²) in [6.07, 6.45) is 4.11. The zero-order valence-electron chi connectivity index (χ0n) is 18.5. The predicted octanol–water partition coefficient (Wildman–Crippen LogP) is 5.36. The first-order valence-corrected chi connectivity index (χ1v) is 10.2. The zero-order chi connectivity index (χ0) is 22.2. The molecule has 0 bridgehead atoms. The molecule has 1 aliphatic rings. The van der Waals surface area contributed by atoms with Gasteiger partial charge in [-0.15, -0.1) is 0 Å². The van der Waals surface area contributed by atoms with E-state index in [1.165, 1.54) is 0 Å². The molecule has 0 saturated carbocycles. The summed E-state index contributed by atoms with van der Waals surface area (Å²) in [6.45, 7) is 8.80. The average molecular weight is 421 g/mol. The maximum Gasteiger partial charge on any atom is 0.163 e. The van der Waals surface area contributed by atoms with Gasteiger partial charge in [0, 0.05) is 22.8 Å². The number of methoxy groups -OCH3 is 1. The number of hydrogen-bond donors (Lipinski definition) is 1. The number of hydrogen-bond acceptors (Lipinski definition) is 6. The van der Waals surface area contributed by atoms with E-state index in [1.54, 1.807) is 31.4 Å². The van der Waals surface area contributed by atoms with Crippen molar-refractivity contribution in [3.05, 3.63) is 64.4 Å². The minimum absolute atomic E-state index is 0.213. The Morgan fingerprint density at radius 2 is 1.81 bits per heavy atom. The molecule has 4 rings (SSSR count). The number of aromatic hydroxyl groups is 1. The second-order valence-electron chi connectivity index (χ2n) is 8.12. The van der Waals surface area contributed by atoms with Crippen molar-refractivity contribution >= 4 is 6.08 Å². The largest absolute Gasteiger partial charge is 0.508 e. The van der Waals surface area contributed by atoms with Crippen LogP contribution in [0.1, 0.15) is 34.9 Å². The van der Waals surface area contributed by atoms with Gasteiger partial charge in [-0.2, -0.15) is 0 Å². The normalized spacial score (nSPS) is 17.3. The summed E-state index contributed by atoms with van der Waals surface area (Å²) in [5.74, 6) is 2.61. The summed E-state index contributed by atoms with van der Waals surface area (Å²) >= 11 is 0. The molecule has 2 heterocycles. The number of ether oxygens (including phenoxy) is 3. The van der Waals surface area contributed by atoms with Crippen LogP contribution in [0.4, 0.5) is 0 Å². The lowest BCUT2D eigenvalue weighted by Crippen LogP contribution is -2.37. The lowest BCUT2D eigenvalue weighted by molar-refractivity contribution is -0.000620. The van der Waals surface area contributed by atoms with Crippen LogP contribution in [-0.4, -0.2) is 29.6 Å². The molecule has 6 nitrogen and oxygen atoms in total. The first kappa shape index (κ1) is 21.0. The maximum atomic E-state index is 9.42. The van der Waals surface area contributed by atoms with Gasteiger partial charge in [-0.05, 0) is 69.2 Å². The summed E-state index contributed by atoms with van der Waals surface area (Å²) < 4.78 is 23.3. The molecule has 0 saturated heterocycles. The second-order valence-corrected chi connectivity index (χ2v) is 8.12. The van der Waals surface area contributed by atoms with Crippen LogP contribution in [0, 0.1) is 20.8 Å². The van der Waals surface area contributed by atoms with Crippen LogP contribution in [-0.2, 0) is 11.3 Å². The van der Waals surface area contributed by atoms with Gasteiger partial charge in [0.2, 0.25) is 0 Å². The highest BCUT2D eigenvalue weighted by Gasteiger charge is 2.31. The fraction of sp³-hybridized carbons (Fsp3) is 0.320. The van der Waals surface area contributed by atoms with Crippen LogP contribution in [0.3, 0.4) is 0 Å². The molecule has 1 aliphatic heterocycles. The Hall–Kier alpha value is -3.25. The monoisotopic (exact) mass is 421 g/mol. The molecule has 1 unspecified atom stereocenters. The Morgan fingerprint density at radius 1 is 1.06 bits per heavy atom. The second kappa shape index (κ2) is 8.12. The predicted molar refractivity (Wildman–Crippen MR) is 119 cm³/mol. The van der Waals surface area contributed by atoms with Gasteiger partial charge >= 0.3 is 0 Å². The first-order valence-electron chi connectivity index (χ1n) is 10.2. The number of phenols is 1. The maximum absolute atomic E-state index is 9.42. The summed E-state index contributed by atoms with van der Waals surface area (Å²) in [4.78, 5) is 0. The van der Waals surface area contributed by atoms with E-state index in [0.29, 0.717) is 18.1 Å². The van der Waals surface area contributed by atoms with E-state index in [2.05, 4.69) is 18.2 Å². The van der Waals surface area contributed by atoms with Crippen molar-refractivity contribution in [3.63, 3.8) is 0 Å². The molecule has 0 amide bonds. The standard InChI is InChI=1S/C25H27NO5/c1-15-16(2)24-21(17(3)23(15)28-5)10-11-25(4,30-24)14-29-13-20-12-22(26-31-20)18-6-8-19(27)9-7-18/h6-12,27H,13-14H2,1-5H3. The van der Waals surface area contributed by atoms with Crippen LogP contribution >= 0.6 is 0 Å². The molecule has 1 aromatic heterocycles. The van der Waals surface area contributed by atoms with Gasteiger partial charge in [0.25, 0.3) is 0 Å². The third-order valence-electron chi connectivity index (χ3n) is 5.73. The van der Waals surface area contributed by atoms with E-state index in [9.17, 15) is 5.11 Å². The lowest BCUT2D eigenvalue weighted by Gasteiger charge is -2.34. The number of phenolic OH excluding ortho intramolecular Hbond substituents is 1. The molecular weight excluding hydrogens is 394 g/mol. The van der Waals surface area contributed by atoms with Gasteiger partial charge in [0.15, 0.2) is 5.76 Å². The number of aromatic nitrogens is 1. The van der Waals surface area contributed by atoms with E-state index in [4.69, 9.17) is 18.7 Å². The van der Waals surface area contributed by atoms with E-state index in [1.807, 2.05) is 32.9 Å². The van der Waals surface area contributed by atoms with Crippen LogP contribution in [0.2, 0.25) is 0 Å². The smallest absolute Gasteiger partial charge is 0.163 e. The van der Waals surface area contributed by atoms with Crippen molar-refractivity contribution in [2.24, 2.45) is 0 Å². The van der Waals surface area contributed by atoms with Gasteiger partial charge in [0.05, 0.1) is 13.7 Å². The van der Waals surface area contributed by atoms with Crippen molar-refractivity contribution in [3.8, 4) is 28.5 Å². The Balaban J connectivity index is 1.44. The summed E-state index contributed by atoms with van der Waals surface area (Å²) in [7, 11) is 1.70. The van der Waals surface area contributed by atoms with Gasteiger partial charge in [0.1, 0.15) is 35.2 Å². The number of fused-ring (bicyclic) bond motifs is 1. The lowest BCUT2D eigenvalue weighted by atomic mass is 9.92. The molecule has 162 valence electrons. The van der Waals surface area contributed by atoms with E-state index >= 15 is 0 Å². The molecule has 0 radical (unpaired) electrons. The van der Waals surface area contributed by atoms with Crippen molar-refractivity contribution < 1.29 is 23.8 Å². The SMILES string of the molecule is COc1c(C)c(C)c2c(c1C)C=CC(C)(COCc1cc(-c3ccc(O)cc3)no1)O2. The highest BCUT2D eigenvalue weighted by Crippen LogP contribution is 2.42. The van der Waals surface area contributed by atoms with Crippen LogP contribution in [0.25, 0.3) is 17.3 Å². The molecule has 1 N–H and O–H groups in total.